The van der Waals surface area contributed by atoms with Crippen molar-refractivity contribution in [2.75, 3.05) is 23.7 Å². The maximum Gasteiger partial charge on any atom is 0.411 e. The van der Waals surface area contributed by atoms with Gasteiger partial charge in [0.1, 0.15) is 28.4 Å². The van der Waals surface area contributed by atoms with Gasteiger partial charge in [0.25, 0.3) is 0 Å². The molecule has 0 aliphatic heterocycles. The molecule has 370 valence electrons. The number of hydrogen-bond donors (Lipinski definition) is 4. The number of hydrogen-bond acceptors (Lipinski definition) is 10. The van der Waals surface area contributed by atoms with Gasteiger partial charge in [-0.25, -0.2) is 19.9 Å². The van der Waals surface area contributed by atoms with E-state index in [2.05, 4.69) is 85.2 Å². The predicted molar refractivity (Wildman–Crippen MR) is 254 cm³/mol. The Balaban J connectivity index is 0.000000171. The molecule has 4 N–H and O–H groups in total. The van der Waals surface area contributed by atoms with E-state index in [-0.39, 0.29) is 44.1 Å². The molecule has 4 aromatic heterocycles. The van der Waals surface area contributed by atoms with Crippen LogP contribution in [-0.2, 0) is 35.3 Å². The fourth-order valence-corrected chi connectivity index (χ4v) is 24.5. The first-order valence-electron chi connectivity index (χ1n) is 24.0. The topological polar surface area (TPSA) is 160 Å². The molecule has 2 fully saturated rings. The van der Waals surface area contributed by atoms with Crippen LogP contribution in [0.3, 0.4) is 0 Å². The minimum atomic E-state index is -4.43. The van der Waals surface area contributed by atoms with Crippen molar-refractivity contribution in [3.8, 4) is 11.5 Å². The Morgan fingerprint density at radius 3 is 1.53 bits per heavy atom. The average molecular weight is 1080 g/mol. The number of aryl methyl sites for hydroxylation is 2. The third-order valence-corrected chi connectivity index (χ3v) is 28.5. The molecule has 0 bridgehead atoms. The molecular formula is C48H63ClF6N10O2Sn. The van der Waals surface area contributed by atoms with E-state index in [9.17, 15) is 35.9 Å². The summed E-state index contributed by atoms with van der Waals surface area (Å²) < 4.78 is 83.4. The number of carbonyl (C=O) groups is 2. The Morgan fingerprint density at radius 1 is 0.632 bits per heavy atom. The van der Waals surface area contributed by atoms with Crippen molar-refractivity contribution in [2.45, 2.75) is 160 Å². The molecule has 8 rings (SSSR count). The molecule has 0 radical (unpaired) electrons. The van der Waals surface area contributed by atoms with Crippen LogP contribution in [0.15, 0.2) is 48.8 Å². The van der Waals surface area contributed by atoms with Crippen LogP contribution in [0.25, 0.3) is 11.5 Å². The third kappa shape index (κ3) is 13.7. The number of anilines is 2. The summed E-state index contributed by atoms with van der Waals surface area (Å²) in [6.45, 7) is 6.43. The number of aromatic nitrogens is 6. The molecule has 0 aromatic carbocycles. The van der Waals surface area contributed by atoms with Crippen molar-refractivity contribution < 1.29 is 35.9 Å². The number of nitrogens with zero attached hydrogens (tertiary/aromatic N) is 6. The van der Waals surface area contributed by atoms with Crippen LogP contribution in [-0.4, -0.2) is 96.6 Å². The van der Waals surface area contributed by atoms with Crippen LogP contribution < -0.4 is 25.0 Å². The van der Waals surface area contributed by atoms with E-state index >= 15 is 0 Å². The molecule has 0 atom stereocenters. The van der Waals surface area contributed by atoms with Gasteiger partial charge in [-0.15, -0.1) is 0 Å². The summed E-state index contributed by atoms with van der Waals surface area (Å²) in [4.78, 5) is 50.0. The number of carbonyl (C=O) groups excluding carboxylic acids is 2. The largest absolute Gasteiger partial charge is 0.411 e. The maximum atomic E-state index is 13.0. The number of nitrogens with one attached hydrogen (secondary N) is 4. The standard InChI is InChI=1S/C18H18F3N5O.C13H14ClF3N4O.C5H4N.3C4H9.Sn/c19-18(20,21)17(7-8-17)26-14(27)10-23-15-11-4-3-6-12(11)24-16(25-15)13-5-1-2-9-22-13;14-11-19-8-3-1-2-7(8)10(20-11)18-6-9(22)21-12(4-5-12)13(15,16)17;1-2-4-6-5-3-1;3*1-3-4-2;/h1-2,5,9H,3-4,6-8,10H2,(H,26,27)(H,23,24,25);1-6H2,(H,21,22)(H,18,19,20);1-4H;3*1,3-4H2,2H3;. The van der Waals surface area contributed by atoms with E-state index in [4.69, 9.17) is 16.6 Å². The van der Waals surface area contributed by atoms with E-state index in [0.717, 1.165) is 61.0 Å². The minimum absolute atomic E-state index is 0.0671. The monoisotopic (exact) mass is 1080 g/mol. The molecule has 4 aliphatic carbocycles. The zero-order valence-electron chi connectivity index (χ0n) is 39.1. The maximum absolute atomic E-state index is 13.0. The van der Waals surface area contributed by atoms with Gasteiger partial charge in [-0.3, -0.25) is 14.6 Å². The quantitative estimate of drug-likeness (QED) is 0.0405. The Hall–Kier alpha value is -4.33. The summed E-state index contributed by atoms with van der Waals surface area (Å²) in [5, 5.41) is 9.90. The van der Waals surface area contributed by atoms with Crippen molar-refractivity contribution in [1.82, 2.24) is 40.5 Å². The summed E-state index contributed by atoms with van der Waals surface area (Å²) >= 11 is 3.60. The summed E-state index contributed by atoms with van der Waals surface area (Å²) in [7, 11) is 0. The molecule has 2 saturated carbocycles. The molecule has 2 amide bonds. The van der Waals surface area contributed by atoms with Gasteiger partial charge in [-0.05, 0) is 87.9 Å². The summed E-state index contributed by atoms with van der Waals surface area (Å²) in [6.07, 6.45) is 7.75. The van der Waals surface area contributed by atoms with Gasteiger partial charge in [-0.1, -0.05) is 6.07 Å². The van der Waals surface area contributed by atoms with Gasteiger partial charge < -0.3 is 21.3 Å². The number of amides is 2. The van der Waals surface area contributed by atoms with Crippen LogP contribution >= 0.6 is 11.6 Å². The van der Waals surface area contributed by atoms with Gasteiger partial charge in [-0.2, -0.15) is 26.3 Å². The Bertz CT molecular complexity index is 2280. The molecule has 12 nitrogen and oxygen atoms in total. The Kier molecular flexibility index (Phi) is 18.3. The Morgan fingerprint density at radius 2 is 1.10 bits per heavy atom. The van der Waals surface area contributed by atoms with Crippen LogP contribution in [0.5, 0.6) is 0 Å². The van der Waals surface area contributed by atoms with Crippen molar-refractivity contribution in [2.24, 2.45) is 0 Å². The first-order chi connectivity index (χ1) is 32.5. The van der Waals surface area contributed by atoms with Gasteiger partial charge >= 0.3 is 136 Å². The SMILES string of the molecule is CCC[CH2][Sn]([CH2]CCC)([CH2]CCC)[c]1ccccn1.O=C(CNc1nc(-c2ccccn2)nc2c1CCC2)NC1(C(F)(F)F)CC1.O=C(CNc1nc(Cl)nc2c1CCC2)NC1(C(F)(F)F)CC1. The second-order valence-corrected chi connectivity index (χ2v) is 31.7. The molecule has 20 heteroatoms. The normalized spacial score (nSPS) is 16.2. The molecular weight excluding hydrogens is 1020 g/mol. The second kappa shape index (κ2) is 23.5. The predicted octanol–water partition coefficient (Wildman–Crippen LogP) is 10.0. The van der Waals surface area contributed by atoms with Gasteiger partial charge in [0.05, 0.1) is 18.8 Å². The number of unbranched alkanes of at least 4 members (excludes halogenated alkanes) is 3. The number of pyridine rings is 2. The van der Waals surface area contributed by atoms with E-state index in [1.54, 1.807) is 22.0 Å². The summed E-state index contributed by atoms with van der Waals surface area (Å²) in [5.41, 5.74) is 0.0249. The number of halogens is 7. The smallest absolute Gasteiger partial charge is 0.361 e. The molecule has 0 saturated heterocycles. The fraction of sp³-hybridized carbons (Fsp3) is 0.583. The molecule has 0 spiro atoms. The van der Waals surface area contributed by atoms with E-state index in [1.165, 1.54) is 51.8 Å². The first kappa shape index (κ1) is 53.0. The zero-order valence-corrected chi connectivity index (χ0v) is 42.7. The third-order valence-electron chi connectivity index (χ3n) is 13.1. The van der Waals surface area contributed by atoms with Crippen LogP contribution in [0, 0.1) is 0 Å². The average Bonchev–Trinajstić information content (AvgIpc) is 4.18. The fourth-order valence-electron chi connectivity index (χ4n) is 8.88. The van der Waals surface area contributed by atoms with Gasteiger partial charge in [0.2, 0.25) is 17.1 Å². The minimum Gasteiger partial charge on any atom is -0.361 e. The van der Waals surface area contributed by atoms with Gasteiger partial charge in [0.15, 0.2) is 5.82 Å². The van der Waals surface area contributed by atoms with Crippen LogP contribution in [0.2, 0.25) is 18.6 Å². The van der Waals surface area contributed by atoms with Crippen LogP contribution in [0.1, 0.15) is 120 Å². The molecule has 4 aromatic rings. The molecule has 68 heavy (non-hydrogen) atoms. The van der Waals surface area contributed by atoms with Crippen molar-refractivity contribution in [3.05, 3.63) is 76.6 Å². The van der Waals surface area contributed by atoms with E-state index in [0.29, 0.717) is 23.2 Å². The number of fused-ring (bicyclic) bond motifs is 2. The molecule has 4 heterocycles. The summed E-state index contributed by atoms with van der Waals surface area (Å²) in [5.74, 6) is -0.0522. The first-order valence-corrected chi connectivity index (χ1v) is 31.8. The number of alkyl halides is 6. The zero-order chi connectivity index (χ0) is 49.0. The van der Waals surface area contributed by atoms with Crippen LogP contribution in [0.4, 0.5) is 38.0 Å². The number of rotatable bonds is 19. The second-order valence-electron chi connectivity index (χ2n) is 18.3. The Labute approximate surface area is 403 Å². The molecule has 0 unspecified atom stereocenters. The van der Waals surface area contributed by atoms with E-state index in [1.807, 2.05) is 12.3 Å². The van der Waals surface area contributed by atoms with Crippen molar-refractivity contribution in [3.63, 3.8) is 0 Å². The summed E-state index contributed by atoms with van der Waals surface area (Å²) in [6, 6.07) is 12.0. The van der Waals surface area contributed by atoms with Crippen molar-refractivity contribution in [1.29, 1.82) is 0 Å². The van der Waals surface area contributed by atoms with Crippen molar-refractivity contribution >= 4 is 57.1 Å². The van der Waals surface area contributed by atoms with E-state index < -0.39 is 53.6 Å². The van der Waals surface area contributed by atoms with Gasteiger partial charge in [0, 0.05) is 23.0 Å². The molecule has 4 aliphatic rings.